The maximum absolute atomic E-state index is 11.1. The normalized spacial score (nSPS) is 20.2. The number of nitrogens with zero attached hydrogens (tertiary/aromatic N) is 1. The van der Waals surface area contributed by atoms with E-state index in [0.29, 0.717) is 6.61 Å². The Morgan fingerprint density at radius 1 is 1.18 bits per heavy atom. The monoisotopic (exact) mass is 417 g/mol. The maximum Gasteiger partial charge on any atom is 0.306 e. The van der Waals surface area contributed by atoms with Gasteiger partial charge in [-0.2, -0.15) is 0 Å². The molecule has 1 fully saturated rings. The van der Waals surface area contributed by atoms with Gasteiger partial charge in [0, 0.05) is 22.2 Å². The zero-order chi connectivity index (χ0) is 19.5. The third kappa shape index (κ3) is 4.38. The maximum atomic E-state index is 11.1. The van der Waals surface area contributed by atoms with Crippen molar-refractivity contribution in [3.8, 4) is 0 Å². The van der Waals surface area contributed by atoms with Gasteiger partial charge in [0.15, 0.2) is 0 Å². The molecule has 0 bridgehead atoms. The summed E-state index contributed by atoms with van der Waals surface area (Å²) in [5.41, 5.74) is 3.69. The van der Waals surface area contributed by atoms with E-state index in [4.69, 9.17) is 21.4 Å². The molecule has 1 atom stereocenters. The van der Waals surface area contributed by atoms with Crippen molar-refractivity contribution < 1.29 is 14.6 Å². The summed E-state index contributed by atoms with van der Waals surface area (Å²) in [5, 5.41) is 9.90. The highest BCUT2D eigenvalue weighted by Gasteiger charge is 2.27. The highest BCUT2D eigenvalue weighted by atomic mass is 35.5. The number of halogens is 1. The quantitative estimate of drug-likeness (QED) is 0.753. The molecule has 0 spiro atoms. The van der Waals surface area contributed by atoms with Gasteiger partial charge < -0.3 is 14.7 Å². The van der Waals surface area contributed by atoms with Crippen LogP contribution in [0.1, 0.15) is 35.6 Å². The number of carboxylic acid groups (broad SMARTS) is 1. The number of aliphatic carboxylic acids is 1. The second-order valence-corrected chi connectivity index (χ2v) is 8.83. The molecule has 2 aliphatic heterocycles. The summed E-state index contributed by atoms with van der Waals surface area (Å²) in [7, 11) is 0. The van der Waals surface area contributed by atoms with Crippen LogP contribution in [0.3, 0.4) is 0 Å². The van der Waals surface area contributed by atoms with Crippen LogP contribution in [-0.2, 0) is 15.3 Å². The summed E-state index contributed by atoms with van der Waals surface area (Å²) >= 11 is 8.03. The van der Waals surface area contributed by atoms with Gasteiger partial charge in [-0.3, -0.25) is 4.79 Å². The Morgan fingerprint density at radius 3 is 2.75 bits per heavy atom. The van der Waals surface area contributed by atoms with Crippen molar-refractivity contribution in [1.82, 2.24) is 4.90 Å². The summed E-state index contributed by atoms with van der Waals surface area (Å²) in [6.07, 6.45) is 1.34. The number of hydrogen-bond acceptors (Lipinski definition) is 4. The molecule has 0 aromatic heterocycles. The van der Waals surface area contributed by atoms with E-state index in [1.807, 2.05) is 12.1 Å². The average molecular weight is 418 g/mol. The number of hydrogen-bond donors (Lipinski definition) is 1. The first kappa shape index (κ1) is 19.8. The predicted octanol–water partition coefficient (Wildman–Crippen LogP) is 4.85. The van der Waals surface area contributed by atoms with Crippen LogP contribution >= 0.6 is 23.4 Å². The lowest BCUT2D eigenvalue weighted by Crippen LogP contribution is -2.38. The molecule has 1 saturated heterocycles. The summed E-state index contributed by atoms with van der Waals surface area (Å²) < 4.78 is 6.42. The molecular weight excluding hydrogens is 394 g/mol. The van der Waals surface area contributed by atoms with Crippen molar-refractivity contribution in [2.24, 2.45) is 5.92 Å². The van der Waals surface area contributed by atoms with Gasteiger partial charge in [-0.05, 0) is 54.8 Å². The van der Waals surface area contributed by atoms with Crippen molar-refractivity contribution in [2.45, 2.75) is 29.6 Å². The van der Waals surface area contributed by atoms with E-state index in [2.05, 4.69) is 35.2 Å². The van der Waals surface area contributed by atoms with Crippen LogP contribution in [0.15, 0.2) is 47.4 Å². The lowest BCUT2D eigenvalue weighted by molar-refractivity contribution is -0.143. The average Bonchev–Trinajstić information content (AvgIpc) is 2.85. The van der Waals surface area contributed by atoms with E-state index >= 15 is 0 Å². The van der Waals surface area contributed by atoms with Gasteiger partial charge in [-0.15, -0.1) is 11.8 Å². The summed E-state index contributed by atoms with van der Waals surface area (Å²) in [6.45, 7) is 3.08. The van der Waals surface area contributed by atoms with Gasteiger partial charge >= 0.3 is 5.97 Å². The number of rotatable bonds is 5. The molecule has 0 amide bonds. The summed E-state index contributed by atoms with van der Waals surface area (Å²) in [4.78, 5) is 14.6. The first-order valence-electron chi connectivity index (χ1n) is 9.68. The van der Waals surface area contributed by atoms with Crippen LogP contribution in [0.5, 0.6) is 0 Å². The fraction of sp³-hybridized carbons (Fsp3) is 0.409. The topological polar surface area (TPSA) is 49.8 Å². The molecule has 1 unspecified atom stereocenters. The van der Waals surface area contributed by atoms with Crippen LogP contribution in [-0.4, -0.2) is 42.2 Å². The Bertz CT molecular complexity index is 851. The number of ether oxygens (including phenoxy) is 1. The molecule has 0 saturated carbocycles. The van der Waals surface area contributed by atoms with E-state index in [0.717, 1.165) is 43.3 Å². The molecule has 0 radical (unpaired) electrons. The first-order chi connectivity index (χ1) is 13.6. The largest absolute Gasteiger partial charge is 0.481 e. The second-order valence-electron chi connectivity index (χ2n) is 7.37. The number of fused-ring (bicyclic) bond motifs is 2. The Morgan fingerprint density at radius 2 is 1.96 bits per heavy atom. The van der Waals surface area contributed by atoms with Crippen LogP contribution in [0, 0.1) is 5.92 Å². The molecular formula is C22H24ClNO3S. The van der Waals surface area contributed by atoms with Crippen LogP contribution in [0.25, 0.3) is 0 Å². The summed E-state index contributed by atoms with van der Waals surface area (Å²) in [5.74, 6) is 0.0461. The van der Waals surface area contributed by atoms with Gasteiger partial charge in [0.05, 0.1) is 12.5 Å². The van der Waals surface area contributed by atoms with Gasteiger partial charge in [-0.25, -0.2) is 0 Å². The Hall–Kier alpha value is -1.53. The fourth-order valence-electron chi connectivity index (χ4n) is 3.98. The zero-order valence-electron chi connectivity index (χ0n) is 15.6. The number of carbonyl (C=O) groups is 1. The lowest BCUT2D eigenvalue weighted by Gasteiger charge is -2.30. The molecule has 2 aromatic rings. The molecule has 2 aliphatic rings. The van der Waals surface area contributed by atoms with Gasteiger partial charge in [0.25, 0.3) is 0 Å². The number of likely N-dealkylation sites (tertiary alicyclic amines) is 1. The zero-order valence-corrected chi connectivity index (χ0v) is 17.2. The molecule has 0 aliphatic carbocycles. The molecule has 4 nitrogen and oxygen atoms in total. The molecule has 148 valence electrons. The number of thioether (sulfide) groups is 1. The Balaban J connectivity index is 1.46. The van der Waals surface area contributed by atoms with Crippen molar-refractivity contribution in [3.05, 3.63) is 64.2 Å². The molecule has 4 rings (SSSR count). The molecule has 6 heteroatoms. The second kappa shape index (κ2) is 8.87. The van der Waals surface area contributed by atoms with Gasteiger partial charge in [0.1, 0.15) is 6.10 Å². The number of carboxylic acids is 1. The molecule has 28 heavy (non-hydrogen) atoms. The lowest BCUT2D eigenvalue weighted by atomic mass is 9.97. The SMILES string of the molecule is O=C(O)C1CCN(CCOC2c3ccccc3CSc3cc(Cl)ccc32)CC1. The van der Waals surface area contributed by atoms with Crippen LogP contribution in [0.4, 0.5) is 0 Å². The highest BCUT2D eigenvalue weighted by molar-refractivity contribution is 7.98. The molecule has 2 heterocycles. The van der Waals surface area contributed by atoms with E-state index in [1.54, 1.807) is 11.8 Å². The van der Waals surface area contributed by atoms with E-state index in [-0.39, 0.29) is 12.0 Å². The Kier molecular flexibility index (Phi) is 6.26. The van der Waals surface area contributed by atoms with E-state index in [9.17, 15) is 4.79 Å². The molecule has 2 aromatic carbocycles. The van der Waals surface area contributed by atoms with Crippen LogP contribution < -0.4 is 0 Å². The minimum Gasteiger partial charge on any atom is -0.481 e. The predicted molar refractivity (Wildman–Crippen MR) is 112 cm³/mol. The molecule has 1 N–H and O–H groups in total. The standard InChI is InChI=1S/C22H24ClNO3S/c23-17-5-6-19-20(13-17)28-14-16-3-1-2-4-18(16)21(19)27-12-11-24-9-7-15(8-10-24)22(25)26/h1-6,13,15,21H,7-12,14H2,(H,25,26). The smallest absolute Gasteiger partial charge is 0.306 e. The van der Waals surface area contributed by atoms with E-state index in [1.165, 1.54) is 21.6 Å². The van der Waals surface area contributed by atoms with Crippen molar-refractivity contribution in [1.29, 1.82) is 0 Å². The van der Waals surface area contributed by atoms with Gasteiger partial charge in [0.2, 0.25) is 0 Å². The third-order valence-electron chi connectivity index (χ3n) is 5.61. The van der Waals surface area contributed by atoms with Crippen molar-refractivity contribution >= 4 is 29.3 Å². The van der Waals surface area contributed by atoms with Crippen molar-refractivity contribution in [2.75, 3.05) is 26.2 Å². The minimum atomic E-state index is -0.668. The summed E-state index contributed by atoms with van der Waals surface area (Å²) in [6, 6.07) is 14.5. The third-order valence-corrected chi connectivity index (χ3v) is 6.96. The Labute approximate surface area is 174 Å². The fourth-order valence-corrected chi connectivity index (χ4v) is 5.34. The number of benzene rings is 2. The van der Waals surface area contributed by atoms with Gasteiger partial charge in [-0.1, -0.05) is 41.9 Å². The minimum absolute atomic E-state index is 0.102. The highest BCUT2D eigenvalue weighted by Crippen LogP contribution is 2.42. The van der Waals surface area contributed by atoms with Crippen LogP contribution in [0.2, 0.25) is 5.02 Å². The first-order valence-corrected chi connectivity index (χ1v) is 11.0. The van der Waals surface area contributed by atoms with Crippen molar-refractivity contribution in [3.63, 3.8) is 0 Å². The number of piperidine rings is 1. The van der Waals surface area contributed by atoms with E-state index < -0.39 is 5.97 Å².